The number of nitrogens with zero attached hydrogens (tertiary/aromatic N) is 4. The van der Waals surface area contributed by atoms with E-state index in [4.69, 9.17) is 9.47 Å². The number of ether oxygens (including phenoxy) is 3. The summed E-state index contributed by atoms with van der Waals surface area (Å²) in [5.74, 6) is -1.44. The Morgan fingerprint density at radius 2 is 1.85 bits per heavy atom. The molecule has 0 amide bonds. The lowest BCUT2D eigenvalue weighted by Crippen LogP contribution is -2.25. The van der Waals surface area contributed by atoms with Gasteiger partial charge in [0.1, 0.15) is 0 Å². The summed E-state index contributed by atoms with van der Waals surface area (Å²) in [4.78, 5) is 40.6. The number of fused-ring (bicyclic) bond motifs is 1. The largest absolute Gasteiger partial charge is 0.493 e. The smallest absolute Gasteiger partial charge is 0.416 e. The van der Waals surface area contributed by atoms with Crippen molar-refractivity contribution >= 4 is 28.8 Å². The fraction of sp³-hybridized carbons (Fsp3) is 0.185. The zero-order valence-corrected chi connectivity index (χ0v) is 21.7. The highest BCUT2D eigenvalue weighted by Gasteiger charge is 2.31. The number of benzene rings is 3. The molecule has 4 rings (SSSR count). The van der Waals surface area contributed by atoms with Crippen molar-refractivity contribution in [1.82, 2.24) is 9.66 Å². The Kier molecular flexibility index (Phi) is 8.03. The number of halogens is 3. The molecule has 1 heterocycles. The van der Waals surface area contributed by atoms with Gasteiger partial charge >= 0.3 is 17.8 Å². The van der Waals surface area contributed by atoms with E-state index in [0.29, 0.717) is 0 Å². The number of rotatable bonds is 8. The summed E-state index contributed by atoms with van der Waals surface area (Å²) in [6, 6.07) is 12.8. The van der Waals surface area contributed by atoms with Crippen molar-refractivity contribution in [3.8, 4) is 22.9 Å². The van der Waals surface area contributed by atoms with E-state index in [1.165, 1.54) is 44.4 Å². The van der Waals surface area contributed by atoms with Crippen LogP contribution in [0.1, 0.15) is 18.1 Å². The Labute approximate surface area is 229 Å². The molecule has 0 saturated heterocycles. The minimum absolute atomic E-state index is 0.0380. The van der Waals surface area contributed by atoms with Gasteiger partial charge in [-0.25, -0.2) is 9.78 Å². The number of nitro groups is 1. The van der Waals surface area contributed by atoms with Crippen molar-refractivity contribution in [1.29, 1.82) is 0 Å². The fourth-order valence-electron chi connectivity index (χ4n) is 3.86. The first-order valence-corrected chi connectivity index (χ1v) is 11.8. The maximum atomic E-state index is 13.4. The molecule has 0 aliphatic heterocycles. The van der Waals surface area contributed by atoms with Gasteiger partial charge in [0.15, 0.2) is 17.7 Å². The number of nitro benzene ring substituents is 1. The Morgan fingerprint density at radius 1 is 1.12 bits per heavy atom. The third-order valence-electron chi connectivity index (χ3n) is 5.83. The number of carbonyl (C=O) groups is 1. The van der Waals surface area contributed by atoms with Crippen LogP contribution in [0, 0.1) is 10.1 Å². The van der Waals surface area contributed by atoms with E-state index in [1.54, 1.807) is 12.1 Å². The number of methoxy groups -OCH3 is 2. The van der Waals surface area contributed by atoms with Gasteiger partial charge in [-0.05, 0) is 37.3 Å². The second kappa shape index (κ2) is 11.5. The van der Waals surface area contributed by atoms with Crippen LogP contribution >= 0.6 is 0 Å². The first-order chi connectivity index (χ1) is 19.4. The number of alkyl halides is 3. The summed E-state index contributed by atoms with van der Waals surface area (Å²) in [6.07, 6.45) is -4.77. The number of carbonyl (C=O) groups excluding carboxylic acids is 1. The van der Waals surface area contributed by atoms with E-state index >= 15 is 0 Å². The predicted molar refractivity (Wildman–Crippen MR) is 141 cm³/mol. The molecule has 1 aromatic heterocycles. The fourth-order valence-corrected chi connectivity index (χ4v) is 3.86. The molecule has 0 N–H and O–H groups in total. The van der Waals surface area contributed by atoms with Crippen LogP contribution in [-0.2, 0) is 15.7 Å². The number of hydrogen-bond acceptors (Lipinski definition) is 9. The molecule has 0 radical (unpaired) electrons. The van der Waals surface area contributed by atoms with Crippen LogP contribution in [0.2, 0.25) is 0 Å². The SMILES string of the molecule is COC(=O)[C@@H](C)Oc1c(OC)cc(C=Nn2c(-c3cccc(C(F)(F)F)c3)nc3ccccc3c2=O)cc1[N+](=O)[O-]. The third-order valence-corrected chi connectivity index (χ3v) is 5.83. The van der Waals surface area contributed by atoms with Crippen LogP contribution in [0.15, 0.2) is 70.6 Å². The summed E-state index contributed by atoms with van der Waals surface area (Å²) in [5.41, 5.74) is -1.96. The quantitative estimate of drug-likeness (QED) is 0.127. The zero-order chi connectivity index (χ0) is 29.9. The summed E-state index contributed by atoms with van der Waals surface area (Å²) >= 11 is 0. The monoisotopic (exact) mass is 570 g/mol. The molecule has 0 saturated carbocycles. The molecule has 0 aliphatic rings. The lowest BCUT2D eigenvalue weighted by Gasteiger charge is -2.15. The molecule has 14 heteroatoms. The van der Waals surface area contributed by atoms with Crippen LogP contribution in [-0.4, -0.2) is 47.1 Å². The van der Waals surface area contributed by atoms with E-state index < -0.39 is 40.0 Å². The summed E-state index contributed by atoms with van der Waals surface area (Å²) in [5, 5.41) is 16.1. The molecular weight excluding hydrogens is 549 g/mol. The normalized spacial score (nSPS) is 12.3. The summed E-state index contributed by atoms with van der Waals surface area (Å²) in [6.45, 7) is 1.33. The highest BCUT2D eigenvalue weighted by molar-refractivity contribution is 5.84. The predicted octanol–water partition coefficient (Wildman–Crippen LogP) is 4.82. The van der Waals surface area contributed by atoms with E-state index in [1.807, 2.05) is 0 Å². The van der Waals surface area contributed by atoms with Gasteiger partial charge in [-0.2, -0.15) is 22.9 Å². The van der Waals surface area contributed by atoms with Crippen LogP contribution in [0.25, 0.3) is 22.3 Å². The van der Waals surface area contributed by atoms with Crippen molar-refractivity contribution in [2.45, 2.75) is 19.2 Å². The Balaban J connectivity index is 1.88. The van der Waals surface area contributed by atoms with Crippen molar-refractivity contribution in [3.05, 3.63) is 92.3 Å². The zero-order valence-electron chi connectivity index (χ0n) is 21.7. The van der Waals surface area contributed by atoms with E-state index in [0.717, 1.165) is 36.2 Å². The van der Waals surface area contributed by atoms with Gasteiger partial charge in [0.25, 0.3) is 5.56 Å². The maximum Gasteiger partial charge on any atom is 0.416 e. The van der Waals surface area contributed by atoms with Gasteiger partial charge < -0.3 is 14.2 Å². The summed E-state index contributed by atoms with van der Waals surface area (Å²) < 4.78 is 56.3. The van der Waals surface area contributed by atoms with Gasteiger partial charge in [-0.3, -0.25) is 14.9 Å². The second-order valence-corrected chi connectivity index (χ2v) is 8.50. The molecule has 11 nitrogen and oxygen atoms in total. The molecule has 3 aromatic carbocycles. The Bertz CT molecular complexity index is 1730. The van der Waals surface area contributed by atoms with Gasteiger partial charge in [-0.15, -0.1) is 0 Å². The van der Waals surface area contributed by atoms with Gasteiger partial charge in [-0.1, -0.05) is 24.3 Å². The second-order valence-electron chi connectivity index (χ2n) is 8.50. The molecule has 0 unspecified atom stereocenters. The Hall–Kier alpha value is -5.27. The minimum atomic E-state index is -4.65. The maximum absolute atomic E-state index is 13.4. The highest BCUT2D eigenvalue weighted by Crippen LogP contribution is 2.39. The van der Waals surface area contributed by atoms with E-state index in [2.05, 4.69) is 14.8 Å². The van der Waals surface area contributed by atoms with Crippen molar-refractivity contribution in [2.24, 2.45) is 5.10 Å². The standard InChI is InChI=1S/C27H21F3N4O7/c1-15(26(36)40-3)41-23-21(34(37)38)11-16(12-22(23)39-2)14-31-33-24(17-7-6-8-18(13-17)27(28,29)30)32-20-10-5-4-9-19(20)25(33)35/h4-15H,1-3H3/t15-/m1/s1. The molecule has 4 aromatic rings. The Morgan fingerprint density at radius 3 is 2.51 bits per heavy atom. The van der Waals surface area contributed by atoms with Crippen LogP contribution < -0.4 is 15.0 Å². The highest BCUT2D eigenvalue weighted by atomic mass is 19.4. The van der Waals surface area contributed by atoms with Crippen molar-refractivity contribution in [3.63, 3.8) is 0 Å². The molecule has 0 spiro atoms. The van der Waals surface area contributed by atoms with Crippen LogP contribution in [0.5, 0.6) is 11.5 Å². The van der Waals surface area contributed by atoms with Gasteiger partial charge in [0.2, 0.25) is 5.75 Å². The third kappa shape index (κ3) is 6.00. The molecule has 0 fully saturated rings. The average Bonchev–Trinajstić information content (AvgIpc) is 2.95. The number of hydrogen-bond donors (Lipinski definition) is 0. The topological polar surface area (TPSA) is 135 Å². The molecule has 212 valence electrons. The van der Waals surface area contributed by atoms with Crippen LogP contribution in [0.3, 0.4) is 0 Å². The number of aromatic nitrogens is 2. The molecule has 1 atom stereocenters. The van der Waals surface area contributed by atoms with Crippen LogP contribution in [0.4, 0.5) is 18.9 Å². The number of esters is 1. The first-order valence-electron chi connectivity index (χ1n) is 11.8. The lowest BCUT2D eigenvalue weighted by molar-refractivity contribution is -0.386. The van der Waals surface area contributed by atoms with E-state index in [-0.39, 0.29) is 39.4 Å². The number of para-hydroxylation sites is 1. The summed E-state index contributed by atoms with van der Waals surface area (Å²) in [7, 11) is 2.35. The molecular formula is C27H21F3N4O7. The van der Waals surface area contributed by atoms with Crippen molar-refractivity contribution < 1.29 is 37.1 Å². The van der Waals surface area contributed by atoms with E-state index in [9.17, 15) is 32.9 Å². The average molecular weight is 570 g/mol. The minimum Gasteiger partial charge on any atom is -0.493 e. The molecule has 0 bridgehead atoms. The first kappa shape index (κ1) is 28.7. The lowest BCUT2D eigenvalue weighted by atomic mass is 10.1. The van der Waals surface area contributed by atoms with Crippen molar-refractivity contribution in [2.75, 3.05) is 14.2 Å². The molecule has 0 aliphatic carbocycles. The van der Waals surface area contributed by atoms with Gasteiger partial charge in [0.05, 0.1) is 41.8 Å². The molecule has 41 heavy (non-hydrogen) atoms. The van der Waals surface area contributed by atoms with Gasteiger partial charge in [0, 0.05) is 17.2 Å².